The van der Waals surface area contributed by atoms with E-state index >= 15 is 0 Å². The number of carbonyl (C=O) groups is 4. The lowest BCUT2D eigenvalue weighted by Gasteiger charge is -2.43. The van der Waals surface area contributed by atoms with Crippen molar-refractivity contribution in [2.45, 2.75) is 219 Å². The second kappa shape index (κ2) is 52.5. The number of carbonyl (C=O) groups excluding carboxylic acids is 4. The first kappa shape index (κ1) is 109. The predicted octanol–water partition coefficient (Wildman–Crippen LogP) is 13.3. The van der Waals surface area contributed by atoms with E-state index in [0.29, 0.717) is 97.9 Å². The summed E-state index contributed by atoms with van der Waals surface area (Å²) in [6, 6.07) is 39.5. The number of amides is 4. The highest BCUT2D eigenvalue weighted by Gasteiger charge is 2.43. The third kappa shape index (κ3) is 33.3. The van der Waals surface area contributed by atoms with Gasteiger partial charge in [0.05, 0.1) is 9.79 Å². The second-order valence-electron chi connectivity index (χ2n) is 33.2. The highest BCUT2D eigenvalue weighted by Crippen LogP contribution is 2.47. The zero-order valence-electron chi connectivity index (χ0n) is 77.6. The average molecular weight is 1790 g/mol. The van der Waals surface area contributed by atoms with Gasteiger partial charge in [-0.1, -0.05) is 83.1 Å². The molecule has 0 atom stereocenters. The number of primary sulfonamides is 2. The summed E-state index contributed by atoms with van der Waals surface area (Å²) in [5.41, 5.74) is 39.3. The third-order valence-corrected chi connectivity index (χ3v) is 23.1. The van der Waals surface area contributed by atoms with Crippen LogP contribution in [-0.4, -0.2) is 214 Å². The number of hydrogen-bond donors (Lipinski definition) is 11. The largest absolute Gasteiger partial charge is 0.482 e. The molecule has 0 bridgehead atoms. The molecule has 6 heterocycles. The van der Waals surface area contributed by atoms with Crippen LogP contribution in [0.15, 0.2) is 155 Å². The molecule has 8 aliphatic rings. The van der Waals surface area contributed by atoms with Gasteiger partial charge >= 0.3 is 6.09 Å². The first-order valence-electron chi connectivity index (χ1n) is 44.4. The Hall–Kier alpha value is -8.92. The number of sulfonamides is 2. The van der Waals surface area contributed by atoms with Gasteiger partial charge in [0.1, 0.15) is 39.7 Å². The summed E-state index contributed by atoms with van der Waals surface area (Å²) in [6.45, 7) is 38.3. The molecule has 4 amide bonds. The van der Waals surface area contributed by atoms with Gasteiger partial charge in [0, 0.05) is 133 Å². The van der Waals surface area contributed by atoms with Crippen molar-refractivity contribution in [3.63, 3.8) is 0 Å². The fourth-order valence-corrected chi connectivity index (χ4v) is 15.2. The molecule has 6 aromatic rings. The molecule has 3 spiro atoms. The van der Waals surface area contributed by atoms with Gasteiger partial charge in [0.25, 0.3) is 17.7 Å². The van der Waals surface area contributed by atoms with Crippen molar-refractivity contribution in [3.05, 3.63) is 201 Å². The second-order valence-corrected chi connectivity index (χ2v) is 36.3. The number of aryl methyl sites for hydroxylation is 1. The zero-order chi connectivity index (χ0) is 93.0. The standard InChI is InChI=1S/C29H37N3O6S.C25H30N2O2.C24H29N3O4S.C4H9N.C3H7N.2C3H9N.2C2H7N.CH5N.CH4.2H2/c1-6-31(7-2)26(33)21-10-8-20(9-11-21)24-19-29(14-16-32(17-15-29)27(34)38-28(3,4)5)37-25-13-12-22(18-23(24)25)39(30,35)36;1-4-27(5-2)24(28)20-9-7-19(8-10-20)22-17-25(12-14-26-15-13-25)29-23-11-6-18(3)16-21(22)23;1-3-27(4-2)23(28)18-7-5-17(6-8-18)21-16-24(11-13-26-14-12-24)31-22-10-9-19(15-20(21)22)32(25,29)30;5-3-4-1-2-4;4-3-1-2-3;1-3(2)4;1-2-3-4;1-3-2;1-2-3;1-2;;;/h8-13,18-19H,6-7,14-17H2,1-5H3,(H2,30,35,36);6-11,16-17,26H,4-5,12-15H2,1-3H3;5-10,15-16,26H,3-4,11-14H2,1-2H3,(H2,25,29,30);4H,1-3,5H2;3H,1-2,4H2;3H,4H2,1-2H3;2-4H2,1H3;3H,1-2H3;2-3H2,1H3;2H2,1H3;1H4;2*1H. The number of ether oxygens (including phenoxy) is 4. The molecule has 6 aliphatic heterocycles. The van der Waals surface area contributed by atoms with Crippen LogP contribution in [0.5, 0.6) is 17.2 Å². The van der Waals surface area contributed by atoms with Crippen LogP contribution in [0.1, 0.15) is 241 Å². The maximum Gasteiger partial charge on any atom is 0.410 e. The third-order valence-electron chi connectivity index (χ3n) is 21.3. The van der Waals surface area contributed by atoms with Crippen molar-refractivity contribution in [1.82, 2.24) is 35.6 Å². The van der Waals surface area contributed by atoms with Crippen molar-refractivity contribution in [2.75, 3.05) is 119 Å². The summed E-state index contributed by atoms with van der Waals surface area (Å²) in [7, 11) is -2.53. The molecule has 0 aromatic heterocycles. The molecule has 126 heavy (non-hydrogen) atoms. The van der Waals surface area contributed by atoms with Gasteiger partial charge in [0.15, 0.2) is 0 Å². The lowest BCUT2D eigenvalue weighted by Crippen LogP contribution is -2.50. The summed E-state index contributed by atoms with van der Waals surface area (Å²) in [6.07, 6.45) is 17.1. The Morgan fingerprint density at radius 2 is 0.802 bits per heavy atom. The Labute approximate surface area is 757 Å². The van der Waals surface area contributed by atoms with E-state index in [1.165, 1.54) is 62.1 Å². The Balaban J connectivity index is 0.000000568. The monoisotopic (exact) mass is 1790 g/mol. The highest BCUT2D eigenvalue weighted by atomic mass is 32.2. The van der Waals surface area contributed by atoms with E-state index in [0.717, 1.165) is 142 Å². The van der Waals surface area contributed by atoms with Crippen molar-refractivity contribution < 1.29 is 57.8 Å². The van der Waals surface area contributed by atoms with E-state index in [9.17, 15) is 36.0 Å². The van der Waals surface area contributed by atoms with Gasteiger partial charge in [-0.05, 0) is 317 Å². The molecule has 0 radical (unpaired) electrons. The fraction of sp³-hybridized carbons (Fsp3) is 0.526. The molecular formula is C97H157N15O12S2. The number of rotatable bonds is 16. The predicted molar refractivity (Wildman–Crippen MR) is 519 cm³/mol. The van der Waals surface area contributed by atoms with Crippen molar-refractivity contribution in [2.24, 2.45) is 50.6 Å². The number of nitrogens with zero attached hydrogens (tertiary/aromatic N) is 4. The molecule has 29 heteroatoms. The summed E-state index contributed by atoms with van der Waals surface area (Å²) in [5, 5.41) is 20.3. The lowest BCUT2D eigenvalue weighted by atomic mass is 9.83. The van der Waals surface area contributed by atoms with E-state index in [1.54, 1.807) is 45.0 Å². The summed E-state index contributed by atoms with van der Waals surface area (Å²) in [4.78, 5) is 57.9. The van der Waals surface area contributed by atoms with Gasteiger partial charge in [0.2, 0.25) is 20.0 Å². The molecule has 2 aliphatic carbocycles. The Bertz CT molecular complexity index is 4700. The fourth-order valence-electron chi connectivity index (χ4n) is 14.1. The maximum atomic E-state index is 12.8. The molecule has 14 rings (SSSR count). The smallest absolute Gasteiger partial charge is 0.410 e. The van der Waals surface area contributed by atoms with E-state index < -0.39 is 36.8 Å². The van der Waals surface area contributed by atoms with Crippen LogP contribution in [-0.2, 0) is 24.8 Å². The van der Waals surface area contributed by atoms with E-state index in [4.69, 9.17) is 57.9 Å². The highest BCUT2D eigenvalue weighted by molar-refractivity contribution is 7.89. The molecule has 6 aromatic carbocycles. The maximum absolute atomic E-state index is 12.8. The van der Waals surface area contributed by atoms with Crippen LogP contribution in [0.25, 0.3) is 16.7 Å². The number of nitrogens with one attached hydrogen (secondary N) is 3. The van der Waals surface area contributed by atoms with Crippen molar-refractivity contribution >= 4 is 60.6 Å². The normalized spacial score (nSPS) is 16.1. The Morgan fingerprint density at radius 1 is 0.524 bits per heavy atom. The van der Waals surface area contributed by atoms with Crippen LogP contribution in [0, 0.1) is 12.8 Å². The van der Waals surface area contributed by atoms with Crippen LogP contribution < -0.4 is 74.8 Å². The molecule has 3 saturated heterocycles. The molecule has 2 saturated carbocycles. The van der Waals surface area contributed by atoms with Gasteiger partial charge in [-0.3, -0.25) is 14.4 Å². The van der Waals surface area contributed by atoms with Crippen LogP contribution >= 0.6 is 0 Å². The molecular weight excluding hydrogens is 1630 g/mol. The molecule has 704 valence electrons. The van der Waals surface area contributed by atoms with E-state index in [1.807, 2.05) is 157 Å². The minimum atomic E-state index is -3.93. The summed E-state index contributed by atoms with van der Waals surface area (Å²) >= 11 is 0. The minimum Gasteiger partial charge on any atom is -0.482 e. The first-order chi connectivity index (χ1) is 59.4. The molecule has 5 fully saturated rings. The number of hydrogen-bond acceptors (Lipinski definition) is 21. The topological polar surface area (TPSA) is 431 Å². The number of fused-ring (bicyclic) bond motifs is 3. The lowest BCUT2D eigenvalue weighted by molar-refractivity contribution is -0.00124. The van der Waals surface area contributed by atoms with E-state index in [-0.39, 0.29) is 49.5 Å². The van der Waals surface area contributed by atoms with Crippen molar-refractivity contribution in [3.8, 4) is 17.2 Å². The van der Waals surface area contributed by atoms with Gasteiger partial charge < -0.3 is 88.9 Å². The number of nitrogens with two attached hydrogens (primary N) is 8. The van der Waals surface area contributed by atoms with Gasteiger partial charge in [-0.25, -0.2) is 31.9 Å². The Kier molecular flexibility index (Phi) is 45.6. The zero-order valence-corrected chi connectivity index (χ0v) is 79.2. The Morgan fingerprint density at radius 3 is 1.04 bits per heavy atom. The van der Waals surface area contributed by atoms with Crippen molar-refractivity contribution in [1.29, 1.82) is 0 Å². The van der Waals surface area contributed by atoms with E-state index in [2.05, 4.69) is 78.0 Å². The molecule has 0 unspecified atom stereocenters. The number of benzene rings is 6. The summed E-state index contributed by atoms with van der Waals surface area (Å²) in [5.74, 6) is 3.08. The SMILES string of the molecule is C.CC(C)N.CCCN.CCN.CCN(CC)C(=O)c1ccc(C2=CC3(CCN(C(=O)OC(C)(C)C)CC3)Oc3ccc(S(N)(=O)=O)cc32)cc1.CCN(CC)C(=O)c1ccc(C2=CC3(CCNCC3)Oc3ccc(C)cc32)cc1.CCN(CC)C(=O)c1ccc(C2=CC3(CCNCC3)Oc3ccc(S(N)(=O)=O)cc32)cc1.CN.CNC.NC1CC1.NCC1CC1.[HH].[HH]. The van der Waals surface area contributed by atoms with Gasteiger partial charge in [-0.15, -0.1) is 0 Å². The molecule has 27 nitrogen and oxygen atoms in total. The number of piperidine rings is 3. The van der Waals surface area contributed by atoms with Gasteiger partial charge in [-0.2, -0.15) is 0 Å². The first-order valence-corrected chi connectivity index (χ1v) is 47.5. The number of likely N-dealkylation sites (tertiary alicyclic amines) is 1. The minimum absolute atomic E-state index is 0. The van der Waals surface area contributed by atoms with Crippen LogP contribution in [0.4, 0.5) is 4.79 Å². The average Bonchev–Trinajstić information content (AvgIpc) is 1.56. The summed E-state index contributed by atoms with van der Waals surface area (Å²) < 4.78 is 73.1. The molecule has 19 N–H and O–H groups in total. The van der Waals surface area contributed by atoms with Crippen LogP contribution in [0.2, 0.25) is 0 Å². The van der Waals surface area contributed by atoms with Crippen LogP contribution in [0.3, 0.4) is 0 Å². The quantitative estimate of drug-likeness (QED) is 0.0429.